The van der Waals surface area contributed by atoms with Crippen LogP contribution in [0.2, 0.25) is 0 Å². The van der Waals surface area contributed by atoms with Gasteiger partial charge in [0.15, 0.2) is 0 Å². The highest BCUT2D eigenvalue weighted by Crippen LogP contribution is 2.47. The number of nitrogens with zero attached hydrogens (tertiary/aromatic N) is 1. The molecular weight excluding hydrogens is 263 g/mol. The summed E-state index contributed by atoms with van der Waals surface area (Å²) < 4.78 is 42.7. The third-order valence-electron chi connectivity index (χ3n) is 3.96. The lowest BCUT2D eigenvalue weighted by Crippen LogP contribution is -2.64. The Morgan fingerprint density at radius 2 is 2.21 bits per heavy atom. The third-order valence-corrected chi connectivity index (χ3v) is 3.96. The van der Waals surface area contributed by atoms with Gasteiger partial charge in [-0.05, 0) is 19.8 Å². The summed E-state index contributed by atoms with van der Waals surface area (Å²) in [6.07, 6.45) is -4.10. The Labute approximate surface area is 108 Å². The fourth-order valence-electron chi connectivity index (χ4n) is 2.96. The SMILES string of the molecule is CCO[C@H]1CC(=O)[C@]12CCCN(C(=O)C(F)(F)F)C2. The molecule has 1 heterocycles. The number of likely N-dealkylation sites (tertiary alicyclic amines) is 1. The fourth-order valence-corrected chi connectivity index (χ4v) is 2.96. The predicted molar refractivity (Wildman–Crippen MR) is 59.3 cm³/mol. The molecule has 1 aliphatic heterocycles. The Kier molecular flexibility index (Phi) is 3.59. The van der Waals surface area contributed by atoms with Gasteiger partial charge in [0.05, 0.1) is 11.5 Å². The quantitative estimate of drug-likeness (QED) is 0.770. The van der Waals surface area contributed by atoms with E-state index in [4.69, 9.17) is 4.74 Å². The molecule has 19 heavy (non-hydrogen) atoms. The van der Waals surface area contributed by atoms with Crippen molar-refractivity contribution in [2.75, 3.05) is 19.7 Å². The molecule has 2 fully saturated rings. The van der Waals surface area contributed by atoms with Crippen molar-refractivity contribution in [1.29, 1.82) is 0 Å². The van der Waals surface area contributed by atoms with Crippen LogP contribution < -0.4 is 0 Å². The molecule has 1 spiro atoms. The molecule has 2 rings (SSSR count). The highest BCUT2D eigenvalue weighted by atomic mass is 19.4. The molecule has 0 aromatic carbocycles. The molecule has 0 N–H and O–H groups in total. The lowest BCUT2D eigenvalue weighted by molar-refractivity contribution is -0.196. The summed E-state index contributed by atoms with van der Waals surface area (Å²) in [5.41, 5.74) is -0.908. The van der Waals surface area contributed by atoms with Gasteiger partial charge in [0.2, 0.25) is 0 Å². The molecular formula is C12H16F3NO3. The van der Waals surface area contributed by atoms with Crippen molar-refractivity contribution in [3.63, 3.8) is 0 Å². The van der Waals surface area contributed by atoms with Gasteiger partial charge in [0.1, 0.15) is 5.78 Å². The number of piperidine rings is 1. The number of carbonyl (C=O) groups is 2. The molecule has 0 aromatic heterocycles. The zero-order valence-electron chi connectivity index (χ0n) is 10.6. The highest BCUT2D eigenvalue weighted by Gasteiger charge is 2.59. The van der Waals surface area contributed by atoms with E-state index in [1.54, 1.807) is 6.92 Å². The van der Waals surface area contributed by atoms with Crippen LogP contribution in [0, 0.1) is 5.41 Å². The second-order valence-corrected chi connectivity index (χ2v) is 5.06. The van der Waals surface area contributed by atoms with Crippen molar-refractivity contribution >= 4 is 11.7 Å². The molecule has 108 valence electrons. The van der Waals surface area contributed by atoms with Gasteiger partial charge >= 0.3 is 12.1 Å². The zero-order valence-corrected chi connectivity index (χ0v) is 10.6. The lowest BCUT2D eigenvalue weighted by Gasteiger charge is -2.52. The number of Topliss-reactive ketones (excluding diaryl/α,β-unsaturated/α-hetero) is 1. The van der Waals surface area contributed by atoms with E-state index in [2.05, 4.69) is 0 Å². The minimum Gasteiger partial charge on any atom is -0.377 e. The summed E-state index contributed by atoms with van der Waals surface area (Å²) in [5.74, 6) is -1.95. The van der Waals surface area contributed by atoms with Crippen molar-refractivity contribution in [3.8, 4) is 0 Å². The van der Waals surface area contributed by atoms with Crippen LogP contribution in [0.5, 0.6) is 0 Å². The van der Waals surface area contributed by atoms with Gasteiger partial charge in [-0.3, -0.25) is 9.59 Å². The predicted octanol–water partition coefficient (Wildman–Crippen LogP) is 1.54. The summed E-state index contributed by atoms with van der Waals surface area (Å²) in [6.45, 7) is 2.06. The van der Waals surface area contributed by atoms with Crippen LogP contribution in [0.25, 0.3) is 0 Å². The van der Waals surface area contributed by atoms with Gasteiger partial charge in [-0.25, -0.2) is 0 Å². The number of hydrogen-bond acceptors (Lipinski definition) is 3. The molecule has 1 saturated carbocycles. The lowest BCUT2D eigenvalue weighted by atomic mass is 9.60. The number of rotatable bonds is 2. The molecule has 7 heteroatoms. The fraction of sp³-hybridized carbons (Fsp3) is 0.833. The first-order valence-corrected chi connectivity index (χ1v) is 6.32. The molecule has 0 bridgehead atoms. The molecule has 4 nitrogen and oxygen atoms in total. The molecule has 1 saturated heterocycles. The second kappa shape index (κ2) is 4.77. The van der Waals surface area contributed by atoms with E-state index in [1.807, 2.05) is 0 Å². The molecule has 2 aliphatic rings. The summed E-state index contributed by atoms with van der Waals surface area (Å²) >= 11 is 0. The first kappa shape index (κ1) is 14.3. The maximum atomic E-state index is 12.4. The Morgan fingerprint density at radius 3 is 2.74 bits per heavy atom. The van der Waals surface area contributed by atoms with E-state index < -0.39 is 17.5 Å². The number of alkyl halides is 3. The van der Waals surface area contributed by atoms with Gasteiger partial charge in [0, 0.05) is 26.1 Å². The first-order chi connectivity index (χ1) is 8.81. The van der Waals surface area contributed by atoms with Crippen LogP contribution in [0.4, 0.5) is 13.2 Å². The summed E-state index contributed by atoms with van der Waals surface area (Å²) in [7, 11) is 0. The van der Waals surface area contributed by atoms with E-state index >= 15 is 0 Å². The molecule has 0 radical (unpaired) electrons. The number of halogens is 3. The summed E-state index contributed by atoms with van der Waals surface area (Å²) in [5, 5.41) is 0. The monoisotopic (exact) mass is 279 g/mol. The van der Waals surface area contributed by atoms with Crippen molar-refractivity contribution in [2.45, 2.75) is 38.5 Å². The maximum Gasteiger partial charge on any atom is 0.471 e. The van der Waals surface area contributed by atoms with Crippen LogP contribution in [0.3, 0.4) is 0 Å². The number of ketones is 1. The largest absolute Gasteiger partial charge is 0.471 e. The Morgan fingerprint density at radius 1 is 1.53 bits per heavy atom. The van der Waals surface area contributed by atoms with Crippen molar-refractivity contribution in [3.05, 3.63) is 0 Å². The van der Waals surface area contributed by atoms with Crippen LogP contribution in [-0.4, -0.2) is 48.6 Å². The minimum absolute atomic E-state index is 0.0478. The Hall–Kier alpha value is -1.11. The normalized spacial score (nSPS) is 31.5. The van der Waals surface area contributed by atoms with Gasteiger partial charge < -0.3 is 9.64 Å². The van der Waals surface area contributed by atoms with Gasteiger partial charge in [0.25, 0.3) is 0 Å². The summed E-state index contributed by atoms with van der Waals surface area (Å²) in [4.78, 5) is 23.8. The van der Waals surface area contributed by atoms with Crippen LogP contribution in [-0.2, 0) is 14.3 Å². The first-order valence-electron chi connectivity index (χ1n) is 6.32. The molecule has 1 amide bonds. The number of amides is 1. The van der Waals surface area contributed by atoms with Crippen LogP contribution in [0.15, 0.2) is 0 Å². The van der Waals surface area contributed by atoms with Crippen molar-refractivity contribution in [1.82, 2.24) is 4.90 Å². The highest BCUT2D eigenvalue weighted by molar-refractivity contribution is 5.93. The van der Waals surface area contributed by atoms with E-state index in [1.165, 1.54) is 0 Å². The topological polar surface area (TPSA) is 46.6 Å². The second-order valence-electron chi connectivity index (χ2n) is 5.06. The standard InChI is InChI=1S/C12H16F3NO3/c1-2-19-9-6-8(17)11(9)4-3-5-16(7-11)10(18)12(13,14)15/h9H,2-7H2,1H3/t9-,11+/m0/s1. The van der Waals surface area contributed by atoms with E-state index in [-0.39, 0.29) is 31.4 Å². The van der Waals surface area contributed by atoms with Crippen molar-refractivity contribution in [2.24, 2.45) is 5.41 Å². The number of carbonyl (C=O) groups excluding carboxylic acids is 2. The van der Waals surface area contributed by atoms with E-state index in [9.17, 15) is 22.8 Å². The summed E-state index contributed by atoms with van der Waals surface area (Å²) in [6, 6.07) is 0. The average molecular weight is 279 g/mol. The number of ether oxygens (including phenoxy) is 1. The zero-order chi connectivity index (χ0) is 14.3. The molecule has 2 atom stereocenters. The molecule has 0 unspecified atom stereocenters. The van der Waals surface area contributed by atoms with E-state index in [0.29, 0.717) is 19.4 Å². The van der Waals surface area contributed by atoms with Gasteiger partial charge in [-0.1, -0.05) is 0 Å². The van der Waals surface area contributed by atoms with E-state index in [0.717, 1.165) is 4.90 Å². The van der Waals surface area contributed by atoms with Crippen molar-refractivity contribution < 1.29 is 27.5 Å². The Bertz CT molecular complexity index is 396. The molecule has 0 aromatic rings. The molecule has 1 aliphatic carbocycles. The van der Waals surface area contributed by atoms with Crippen LogP contribution in [0.1, 0.15) is 26.2 Å². The van der Waals surface area contributed by atoms with Crippen LogP contribution >= 0.6 is 0 Å². The average Bonchev–Trinajstić information content (AvgIpc) is 2.37. The third kappa shape index (κ3) is 2.35. The number of hydrogen-bond donors (Lipinski definition) is 0. The minimum atomic E-state index is -4.88. The smallest absolute Gasteiger partial charge is 0.377 e. The van der Waals surface area contributed by atoms with Gasteiger partial charge in [-0.2, -0.15) is 13.2 Å². The Balaban J connectivity index is 2.12. The van der Waals surface area contributed by atoms with Gasteiger partial charge in [-0.15, -0.1) is 0 Å². The maximum absolute atomic E-state index is 12.4.